The van der Waals surface area contributed by atoms with E-state index >= 15 is 0 Å². The number of sulfonamides is 1. The average molecular weight is 356 g/mol. The molecule has 0 atom stereocenters. The molecule has 7 nitrogen and oxygen atoms in total. The maximum atomic E-state index is 13.5. The second-order valence-electron chi connectivity index (χ2n) is 4.74. The fraction of sp³-hybridized carbons (Fsp3) is 0.500. The summed E-state index contributed by atoms with van der Waals surface area (Å²) in [6.07, 6.45) is 1.05. The Labute approximate surface area is 134 Å². The number of nitro groups is 1. The number of hydrogen-bond donors (Lipinski definition) is 2. The van der Waals surface area contributed by atoms with Crippen LogP contribution in [-0.2, 0) is 10.0 Å². The van der Waals surface area contributed by atoms with E-state index in [4.69, 9.17) is 5.73 Å². The van der Waals surface area contributed by atoms with Crippen molar-refractivity contribution < 1.29 is 17.7 Å². The molecule has 0 saturated heterocycles. The van der Waals surface area contributed by atoms with Crippen molar-refractivity contribution in [3.05, 3.63) is 34.1 Å². The van der Waals surface area contributed by atoms with E-state index in [2.05, 4.69) is 4.72 Å². The van der Waals surface area contributed by atoms with Crippen LogP contribution in [0.2, 0.25) is 0 Å². The Hall–Kier alpha value is -1.29. The number of hydrogen-bond acceptors (Lipinski definition) is 5. The van der Waals surface area contributed by atoms with Crippen molar-refractivity contribution in [3.8, 4) is 0 Å². The number of nitrogens with zero attached hydrogens (tertiary/aromatic N) is 1. The molecular formula is C12H19ClFN3O4S. The molecule has 1 rings (SSSR count). The lowest BCUT2D eigenvalue weighted by Crippen LogP contribution is -2.49. The summed E-state index contributed by atoms with van der Waals surface area (Å²) in [6.45, 7) is 3.53. The molecule has 0 aliphatic heterocycles. The van der Waals surface area contributed by atoms with E-state index in [1.807, 2.05) is 13.8 Å². The van der Waals surface area contributed by atoms with Gasteiger partial charge in [-0.25, -0.2) is 13.1 Å². The molecule has 1 aromatic carbocycles. The zero-order chi connectivity index (χ0) is 16.3. The minimum Gasteiger partial charge on any atom is -0.324 e. The molecule has 126 valence electrons. The standard InChI is InChI=1S/C12H18FN3O4S.ClH/c1-3-12(14,4-2)8-15-21(19,20)10-7-5-6-9(13)11(10)16(17)18;/h5-7,15H,3-4,8,14H2,1-2H3;1H. The van der Waals surface area contributed by atoms with Gasteiger partial charge in [0.25, 0.3) is 0 Å². The number of nitro benzene ring substituents is 1. The van der Waals surface area contributed by atoms with Crippen molar-refractivity contribution in [2.45, 2.75) is 37.1 Å². The lowest BCUT2D eigenvalue weighted by atomic mass is 9.95. The summed E-state index contributed by atoms with van der Waals surface area (Å²) in [6, 6.07) is 2.92. The van der Waals surface area contributed by atoms with Crippen molar-refractivity contribution in [3.63, 3.8) is 0 Å². The molecule has 0 unspecified atom stereocenters. The van der Waals surface area contributed by atoms with Gasteiger partial charge in [0, 0.05) is 12.1 Å². The predicted octanol–water partition coefficient (Wildman–Crippen LogP) is 1.95. The Morgan fingerprint density at radius 2 is 1.91 bits per heavy atom. The highest BCUT2D eigenvalue weighted by molar-refractivity contribution is 7.89. The SMILES string of the molecule is CCC(N)(CC)CNS(=O)(=O)c1cccc(F)c1[N+](=O)[O-].Cl. The van der Waals surface area contributed by atoms with E-state index in [0.717, 1.165) is 18.2 Å². The maximum Gasteiger partial charge on any atom is 0.324 e. The van der Waals surface area contributed by atoms with Gasteiger partial charge in [0.15, 0.2) is 4.90 Å². The van der Waals surface area contributed by atoms with Gasteiger partial charge in [-0.1, -0.05) is 19.9 Å². The fourth-order valence-corrected chi connectivity index (χ4v) is 3.02. The molecule has 0 heterocycles. The number of nitrogens with two attached hydrogens (primary N) is 1. The summed E-state index contributed by atoms with van der Waals surface area (Å²) >= 11 is 0. The third kappa shape index (κ3) is 4.60. The molecule has 10 heteroatoms. The number of benzene rings is 1. The van der Waals surface area contributed by atoms with Crippen LogP contribution in [0.15, 0.2) is 23.1 Å². The number of halogens is 2. The minimum atomic E-state index is -4.22. The highest BCUT2D eigenvalue weighted by atomic mass is 35.5. The minimum absolute atomic E-state index is 0. The number of para-hydroxylation sites is 1. The summed E-state index contributed by atoms with van der Waals surface area (Å²) in [5.41, 5.74) is 4.15. The molecule has 0 fully saturated rings. The second-order valence-corrected chi connectivity index (χ2v) is 6.47. The zero-order valence-electron chi connectivity index (χ0n) is 12.2. The van der Waals surface area contributed by atoms with Crippen molar-refractivity contribution in [1.29, 1.82) is 0 Å². The first kappa shape index (κ1) is 20.7. The molecule has 0 radical (unpaired) electrons. The molecular weight excluding hydrogens is 337 g/mol. The monoisotopic (exact) mass is 355 g/mol. The molecule has 0 saturated carbocycles. The molecule has 0 aromatic heterocycles. The van der Waals surface area contributed by atoms with Crippen molar-refractivity contribution in [2.75, 3.05) is 6.54 Å². The summed E-state index contributed by atoms with van der Waals surface area (Å²) in [7, 11) is -4.22. The van der Waals surface area contributed by atoms with E-state index in [1.54, 1.807) is 0 Å². The highest BCUT2D eigenvalue weighted by Gasteiger charge is 2.31. The van der Waals surface area contributed by atoms with E-state index in [1.165, 1.54) is 0 Å². The van der Waals surface area contributed by atoms with Crippen LogP contribution in [0.5, 0.6) is 0 Å². The average Bonchev–Trinajstić information content (AvgIpc) is 2.44. The molecule has 0 spiro atoms. The van der Waals surface area contributed by atoms with Gasteiger partial charge in [0.1, 0.15) is 0 Å². The Balaban J connectivity index is 0.00000441. The summed E-state index contributed by atoms with van der Waals surface area (Å²) in [4.78, 5) is 9.09. The Bertz CT molecular complexity index is 635. The predicted molar refractivity (Wildman–Crippen MR) is 83.0 cm³/mol. The van der Waals surface area contributed by atoms with Crippen LogP contribution in [-0.4, -0.2) is 25.4 Å². The summed E-state index contributed by atoms with van der Waals surface area (Å²) in [5, 5.41) is 10.9. The van der Waals surface area contributed by atoms with Crippen LogP contribution in [0.25, 0.3) is 0 Å². The van der Waals surface area contributed by atoms with Gasteiger partial charge in [-0.15, -0.1) is 12.4 Å². The summed E-state index contributed by atoms with van der Waals surface area (Å²) in [5.74, 6) is -1.20. The maximum absolute atomic E-state index is 13.5. The molecule has 22 heavy (non-hydrogen) atoms. The first-order chi connectivity index (χ1) is 9.67. The van der Waals surface area contributed by atoms with Gasteiger partial charge >= 0.3 is 5.69 Å². The molecule has 0 aliphatic carbocycles. The van der Waals surface area contributed by atoms with E-state index < -0.39 is 36.9 Å². The van der Waals surface area contributed by atoms with Gasteiger partial charge in [-0.2, -0.15) is 4.39 Å². The van der Waals surface area contributed by atoms with E-state index in [0.29, 0.717) is 12.8 Å². The first-order valence-corrected chi connectivity index (χ1v) is 7.86. The first-order valence-electron chi connectivity index (χ1n) is 6.38. The van der Waals surface area contributed by atoms with Crippen LogP contribution in [0.4, 0.5) is 10.1 Å². The Morgan fingerprint density at radius 3 is 2.36 bits per heavy atom. The van der Waals surface area contributed by atoms with Gasteiger partial charge in [0.2, 0.25) is 15.8 Å². The molecule has 0 aliphatic rings. The quantitative estimate of drug-likeness (QED) is 0.573. The normalized spacial score (nSPS) is 11.8. The third-order valence-corrected chi connectivity index (χ3v) is 4.88. The topological polar surface area (TPSA) is 115 Å². The molecule has 0 amide bonds. The van der Waals surface area contributed by atoms with Crippen LogP contribution in [0, 0.1) is 15.9 Å². The van der Waals surface area contributed by atoms with Gasteiger partial charge in [-0.3, -0.25) is 10.1 Å². The van der Waals surface area contributed by atoms with Crippen molar-refractivity contribution >= 4 is 28.1 Å². The number of rotatable bonds is 7. The van der Waals surface area contributed by atoms with Gasteiger partial charge in [0.05, 0.1) is 4.92 Å². The summed E-state index contributed by atoms with van der Waals surface area (Å²) < 4.78 is 40.0. The molecule has 3 N–H and O–H groups in total. The zero-order valence-corrected chi connectivity index (χ0v) is 13.8. The van der Waals surface area contributed by atoms with Crippen molar-refractivity contribution in [1.82, 2.24) is 4.72 Å². The van der Waals surface area contributed by atoms with Gasteiger partial charge < -0.3 is 5.73 Å². The van der Waals surface area contributed by atoms with Gasteiger partial charge in [-0.05, 0) is 25.0 Å². The van der Waals surface area contributed by atoms with Crippen molar-refractivity contribution in [2.24, 2.45) is 5.73 Å². The smallest absolute Gasteiger partial charge is 0.324 e. The van der Waals surface area contributed by atoms with E-state index in [9.17, 15) is 22.9 Å². The highest BCUT2D eigenvalue weighted by Crippen LogP contribution is 2.26. The fourth-order valence-electron chi connectivity index (χ4n) is 1.71. The lowest BCUT2D eigenvalue weighted by molar-refractivity contribution is -0.390. The molecule has 1 aromatic rings. The van der Waals surface area contributed by atoms with E-state index in [-0.39, 0.29) is 19.0 Å². The Kier molecular flexibility index (Phi) is 7.36. The molecule has 0 bridgehead atoms. The third-order valence-electron chi connectivity index (χ3n) is 3.44. The van der Waals surface area contributed by atoms with Crippen LogP contribution in [0.1, 0.15) is 26.7 Å². The van der Waals surface area contributed by atoms with Crippen LogP contribution in [0.3, 0.4) is 0 Å². The largest absolute Gasteiger partial charge is 0.324 e. The van der Waals surface area contributed by atoms with Crippen LogP contribution < -0.4 is 10.5 Å². The lowest BCUT2D eigenvalue weighted by Gasteiger charge is -2.26. The second kappa shape index (κ2) is 7.82. The Morgan fingerprint density at radius 1 is 1.36 bits per heavy atom. The number of nitrogens with one attached hydrogen (secondary N) is 1. The van der Waals surface area contributed by atoms with Crippen LogP contribution >= 0.6 is 12.4 Å².